The number of amides is 1. The second-order valence-electron chi connectivity index (χ2n) is 11.7. The minimum atomic E-state index is -0.544. The Labute approximate surface area is 260 Å². The summed E-state index contributed by atoms with van der Waals surface area (Å²) in [5.74, 6) is -0.339. The normalized spacial score (nSPS) is 14.6. The molecule has 0 bridgehead atoms. The van der Waals surface area contributed by atoms with Crippen LogP contribution in [0.2, 0.25) is 0 Å². The zero-order chi connectivity index (χ0) is 31.5. The fourth-order valence-electron chi connectivity index (χ4n) is 5.90. The third-order valence-corrected chi connectivity index (χ3v) is 8.01. The summed E-state index contributed by atoms with van der Waals surface area (Å²) in [7, 11) is 0. The van der Waals surface area contributed by atoms with E-state index in [-0.39, 0.29) is 11.7 Å². The first-order valence-electron chi connectivity index (χ1n) is 15.0. The van der Waals surface area contributed by atoms with Gasteiger partial charge < -0.3 is 26.5 Å². The predicted octanol–water partition coefficient (Wildman–Crippen LogP) is 6.27. The van der Waals surface area contributed by atoms with Gasteiger partial charge in [0, 0.05) is 52.4 Å². The van der Waals surface area contributed by atoms with Gasteiger partial charge in [-0.2, -0.15) is 5.10 Å². The van der Waals surface area contributed by atoms with Gasteiger partial charge in [0.1, 0.15) is 17.3 Å². The number of halogens is 1. The van der Waals surface area contributed by atoms with Crippen molar-refractivity contribution in [3.05, 3.63) is 95.7 Å². The number of phenolic OH excluding ortho intramolecular Hbond substituents is 1. The number of aromatic hydroxyl groups is 1. The average molecular weight is 606 g/mol. The monoisotopic (exact) mass is 605 g/mol. The van der Waals surface area contributed by atoms with Crippen molar-refractivity contribution in [3.63, 3.8) is 0 Å². The van der Waals surface area contributed by atoms with E-state index in [1.54, 1.807) is 6.20 Å². The van der Waals surface area contributed by atoms with Crippen LogP contribution >= 0.6 is 0 Å². The van der Waals surface area contributed by atoms with Gasteiger partial charge in [0.2, 0.25) is 5.91 Å². The third-order valence-electron chi connectivity index (χ3n) is 8.01. The highest BCUT2D eigenvalue weighted by atomic mass is 19.1. The van der Waals surface area contributed by atoms with E-state index >= 15 is 0 Å². The van der Waals surface area contributed by atoms with E-state index in [9.17, 15) is 14.3 Å². The first kappa shape index (κ1) is 29.8. The zero-order valence-electron chi connectivity index (χ0n) is 25.2. The first-order chi connectivity index (χ1) is 21.8. The van der Waals surface area contributed by atoms with Crippen molar-refractivity contribution in [1.82, 2.24) is 30.8 Å². The average Bonchev–Trinajstić information content (AvgIpc) is 3.63. The van der Waals surface area contributed by atoms with Crippen LogP contribution in [0.4, 0.5) is 4.39 Å². The van der Waals surface area contributed by atoms with Gasteiger partial charge in [-0.15, -0.1) is 0 Å². The molecule has 1 saturated heterocycles. The SMILES string of the molecule is CC(C)=C/C(=C\C(=C/N)c1ccc2[nH]nc(-c3cc4c(-c5cc(O)cc(F)c5)nccc4[nH]3)c2c1)NC(=O)CC1CCNCC1. The van der Waals surface area contributed by atoms with Crippen LogP contribution in [-0.2, 0) is 4.79 Å². The van der Waals surface area contributed by atoms with Gasteiger partial charge in [0.15, 0.2) is 0 Å². The molecule has 0 aliphatic carbocycles. The summed E-state index contributed by atoms with van der Waals surface area (Å²) in [6.45, 7) is 5.87. The van der Waals surface area contributed by atoms with Crippen molar-refractivity contribution in [2.24, 2.45) is 11.7 Å². The topological polar surface area (TPSA) is 145 Å². The number of nitrogens with one attached hydrogen (secondary N) is 4. The fourth-order valence-corrected chi connectivity index (χ4v) is 5.90. The third kappa shape index (κ3) is 6.66. The lowest BCUT2D eigenvalue weighted by molar-refractivity contribution is -0.121. The van der Waals surface area contributed by atoms with Gasteiger partial charge in [0.05, 0.1) is 16.9 Å². The molecule has 2 aromatic carbocycles. The number of allylic oxidation sites excluding steroid dienone is 4. The van der Waals surface area contributed by atoms with Crippen LogP contribution in [0.25, 0.3) is 50.0 Å². The van der Waals surface area contributed by atoms with Crippen LogP contribution < -0.4 is 16.4 Å². The number of hydrogen-bond donors (Lipinski definition) is 6. The van der Waals surface area contributed by atoms with Crippen molar-refractivity contribution in [2.75, 3.05) is 13.1 Å². The quantitative estimate of drug-likeness (QED) is 0.115. The molecule has 9 nitrogen and oxygen atoms in total. The van der Waals surface area contributed by atoms with E-state index in [0.717, 1.165) is 76.2 Å². The van der Waals surface area contributed by atoms with Gasteiger partial charge in [-0.3, -0.25) is 14.9 Å². The van der Waals surface area contributed by atoms with Gasteiger partial charge in [0.25, 0.3) is 0 Å². The Hall–Kier alpha value is -5.22. The van der Waals surface area contributed by atoms with Gasteiger partial charge in [-0.1, -0.05) is 11.6 Å². The number of H-pyrrole nitrogens is 2. The van der Waals surface area contributed by atoms with Crippen molar-refractivity contribution in [1.29, 1.82) is 0 Å². The molecule has 0 radical (unpaired) electrons. The summed E-state index contributed by atoms with van der Waals surface area (Å²) in [5, 5.41) is 25.7. The van der Waals surface area contributed by atoms with Gasteiger partial charge in [-0.25, -0.2) is 4.39 Å². The molecule has 0 saturated carbocycles. The Bertz CT molecular complexity index is 1950. The Morgan fingerprint density at radius 1 is 1.04 bits per heavy atom. The molecule has 7 N–H and O–H groups in total. The van der Waals surface area contributed by atoms with Crippen LogP contribution in [0.3, 0.4) is 0 Å². The van der Waals surface area contributed by atoms with E-state index < -0.39 is 5.82 Å². The molecule has 1 fully saturated rings. The van der Waals surface area contributed by atoms with Gasteiger partial charge >= 0.3 is 0 Å². The number of aromatic amines is 2. The molecule has 0 spiro atoms. The van der Waals surface area contributed by atoms with E-state index in [1.807, 2.05) is 56.3 Å². The molecular formula is C35H36FN7O2. The van der Waals surface area contributed by atoms with Gasteiger partial charge in [-0.05, 0) is 105 Å². The van der Waals surface area contributed by atoms with E-state index in [2.05, 4.69) is 30.8 Å². The molecule has 1 amide bonds. The minimum absolute atomic E-state index is 0.00396. The number of carbonyl (C=O) groups is 1. The van der Waals surface area contributed by atoms with Crippen LogP contribution in [0.1, 0.15) is 38.7 Å². The summed E-state index contributed by atoms with van der Waals surface area (Å²) in [6, 6.07) is 13.6. The smallest absolute Gasteiger partial charge is 0.224 e. The van der Waals surface area contributed by atoms with E-state index in [1.165, 1.54) is 18.3 Å². The molecule has 45 heavy (non-hydrogen) atoms. The second kappa shape index (κ2) is 12.8. The number of nitrogens with zero attached hydrogens (tertiary/aromatic N) is 2. The van der Waals surface area contributed by atoms with Crippen molar-refractivity contribution in [2.45, 2.75) is 33.1 Å². The molecule has 1 aliphatic heterocycles. The van der Waals surface area contributed by atoms with E-state index in [0.29, 0.717) is 35.0 Å². The number of fused-ring (bicyclic) bond motifs is 2. The van der Waals surface area contributed by atoms with E-state index in [4.69, 9.17) is 5.73 Å². The van der Waals surface area contributed by atoms with Crippen LogP contribution in [-0.4, -0.2) is 44.3 Å². The highest BCUT2D eigenvalue weighted by Gasteiger charge is 2.18. The number of nitrogens with two attached hydrogens (primary N) is 1. The molecule has 5 aromatic rings. The summed E-state index contributed by atoms with van der Waals surface area (Å²) >= 11 is 0. The Morgan fingerprint density at radius 2 is 1.84 bits per heavy atom. The van der Waals surface area contributed by atoms with Crippen molar-refractivity contribution < 1.29 is 14.3 Å². The summed E-state index contributed by atoms with van der Waals surface area (Å²) in [4.78, 5) is 20.9. The predicted molar refractivity (Wildman–Crippen MR) is 176 cm³/mol. The zero-order valence-corrected chi connectivity index (χ0v) is 25.2. The molecule has 0 atom stereocenters. The highest BCUT2D eigenvalue weighted by molar-refractivity contribution is 6.01. The molecule has 10 heteroatoms. The highest BCUT2D eigenvalue weighted by Crippen LogP contribution is 2.35. The number of rotatable bonds is 8. The Balaban J connectivity index is 1.33. The minimum Gasteiger partial charge on any atom is -0.508 e. The lowest BCUT2D eigenvalue weighted by Crippen LogP contribution is -2.32. The molecule has 3 aromatic heterocycles. The van der Waals surface area contributed by atoms with Crippen molar-refractivity contribution >= 4 is 33.3 Å². The fraction of sp³-hybridized carbons (Fsp3) is 0.229. The second-order valence-corrected chi connectivity index (χ2v) is 11.7. The summed E-state index contributed by atoms with van der Waals surface area (Å²) in [5.41, 5.74) is 13.5. The maximum absolute atomic E-state index is 14.1. The molecule has 0 unspecified atom stereocenters. The van der Waals surface area contributed by atoms with Crippen LogP contribution in [0, 0.1) is 11.7 Å². The largest absolute Gasteiger partial charge is 0.508 e. The molecule has 1 aliphatic rings. The standard InChI is InChI=1S/C35H36FN7O2/c1-20(2)11-26(40-33(45)12-21-5-8-38-9-6-21)14-24(19-37)22-3-4-31-28(16-22)35(43-42-31)32-18-29-30(41-32)7-10-39-34(29)23-13-25(36)17-27(44)15-23/h3-4,7,10-11,13-19,21,38,41,44H,5-6,8-9,12,37H2,1-2H3,(H,40,45)(H,42,43)/b24-19+,26-14+. The van der Waals surface area contributed by atoms with Crippen LogP contribution in [0.15, 0.2) is 84.3 Å². The molecule has 230 valence electrons. The Kier molecular flexibility index (Phi) is 8.48. The molecule has 6 rings (SSSR count). The maximum atomic E-state index is 14.1. The first-order valence-corrected chi connectivity index (χ1v) is 15.0. The lowest BCUT2D eigenvalue weighted by Gasteiger charge is -2.22. The molecular weight excluding hydrogens is 569 g/mol. The number of aromatic nitrogens is 4. The number of benzene rings is 2. The Morgan fingerprint density at radius 3 is 2.60 bits per heavy atom. The molecule has 4 heterocycles. The number of carbonyl (C=O) groups excluding carboxylic acids is 1. The summed E-state index contributed by atoms with van der Waals surface area (Å²) < 4.78 is 14.1. The number of hydrogen-bond acceptors (Lipinski definition) is 6. The van der Waals surface area contributed by atoms with Crippen LogP contribution in [0.5, 0.6) is 5.75 Å². The maximum Gasteiger partial charge on any atom is 0.224 e. The number of piperidine rings is 1. The lowest BCUT2D eigenvalue weighted by atomic mass is 9.94. The van der Waals surface area contributed by atoms with Crippen molar-refractivity contribution in [3.8, 4) is 28.4 Å². The summed E-state index contributed by atoms with van der Waals surface area (Å²) in [6.07, 6.45) is 9.50. The number of pyridine rings is 1. The number of phenols is 1.